The number of carbonyl (C=O) groups is 3. The van der Waals surface area contributed by atoms with E-state index in [1.807, 2.05) is 19.9 Å². The highest BCUT2D eigenvalue weighted by atomic mass is 32.2. The number of thioether (sulfide) groups is 1. The molecule has 0 saturated carbocycles. The third-order valence-corrected chi connectivity index (χ3v) is 6.87. The van der Waals surface area contributed by atoms with Crippen LogP contribution in [0.3, 0.4) is 0 Å². The van der Waals surface area contributed by atoms with Gasteiger partial charge in [-0.1, -0.05) is 12.1 Å². The number of nitrogens with zero attached hydrogens (tertiary/aromatic N) is 4. The van der Waals surface area contributed by atoms with E-state index in [1.54, 1.807) is 12.1 Å². The number of anilines is 1. The summed E-state index contributed by atoms with van der Waals surface area (Å²) in [5, 5.41) is 13.7. The number of carbonyl (C=O) groups excluding carboxylic acids is 3. The van der Waals surface area contributed by atoms with Gasteiger partial charge in [0, 0.05) is 25.8 Å². The Balaban J connectivity index is 1.63. The van der Waals surface area contributed by atoms with Crippen LogP contribution in [0.1, 0.15) is 16.7 Å². The van der Waals surface area contributed by atoms with E-state index in [0.717, 1.165) is 16.0 Å². The Bertz CT molecular complexity index is 1530. The number of imide groups is 1. The van der Waals surface area contributed by atoms with Crippen molar-refractivity contribution in [2.75, 3.05) is 11.9 Å². The number of hydrogen-bond donors (Lipinski definition) is 1. The van der Waals surface area contributed by atoms with Crippen LogP contribution in [-0.2, 0) is 23.7 Å². The minimum Gasteiger partial charge on any atom is -0.324 e. The molecule has 0 spiro atoms. The second-order valence-electron chi connectivity index (χ2n) is 8.12. The first kappa shape index (κ1) is 24.0. The monoisotopic (exact) mass is 495 g/mol. The molecule has 12 heteroatoms. The number of aromatic nitrogens is 2. The van der Waals surface area contributed by atoms with E-state index in [9.17, 15) is 29.3 Å². The van der Waals surface area contributed by atoms with Crippen LogP contribution in [0.15, 0.2) is 40.0 Å². The molecule has 2 heterocycles. The number of rotatable bonds is 5. The molecule has 0 radical (unpaired) electrons. The maximum atomic E-state index is 12.9. The maximum absolute atomic E-state index is 12.9. The van der Waals surface area contributed by atoms with Crippen molar-refractivity contribution < 1.29 is 19.3 Å². The lowest BCUT2D eigenvalue weighted by molar-refractivity contribution is -0.385. The zero-order chi connectivity index (χ0) is 25.6. The van der Waals surface area contributed by atoms with Gasteiger partial charge in [0.25, 0.3) is 16.8 Å². The van der Waals surface area contributed by atoms with Gasteiger partial charge in [0.1, 0.15) is 6.54 Å². The minimum atomic E-state index is -0.729. The van der Waals surface area contributed by atoms with Crippen molar-refractivity contribution in [3.8, 4) is 0 Å². The highest BCUT2D eigenvalue weighted by molar-refractivity contribution is 8.18. The Labute approximate surface area is 203 Å². The zero-order valence-electron chi connectivity index (χ0n) is 19.3. The first-order valence-corrected chi connectivity index (χ1v) is 11.3. The van der Waals surface area contributed by atoms with E-state index >= 15 is 0 Å². The average Bonchev–Trinajstić information content (AvgIpc) is 3.18. The van der Waals surface area contributed by atoms with Crippen molar-refractivity contribution in [2.24, 2.45) is 14.1 Å². The molecule has 0 bridgehead atoms. The van der Waals surface area contributed by atoms with Crippen LogP contribution in [0.5, 0.6) is 0 Å². The normalized spacial score (nSPS) is 14.9. The van der Waals surface area contributed by atoms with Crippen LogP contribution in [0.2, 0.25) is 0 Å². The van der Waals surface area contributed by atoms with Gasteiger partial charge in [-0.05, 0) is 54.9 Å². The van der Waals surface area contributed by atoms with Gasteiger partial charge in [-0.15, -0.1) is 0 Å². The number of benzene rings is 2. The number of nitro benzene ring substituents is 1. The molecule has 4 rings (SSSR count). The Morgan fingerprint density at radius 3 is 2.43 bits per heavy atom. The molecule has 0 aliphatic carbocycles. The van der Waals surface area contributed by atoms with E-state index in [4.69, 9.17) is 0 Å². The van der Waals surface area contributed by atoms with Gasteiger partial charge in [-0.3, -0.25) is 38.5 Å². The molecule has 3 aromatic rings. The molecule has 1 aliphatic rings. The fourth-order valence-electron chi connectivity index (χ4n) is 3.82. The van der Waals surface area contributed by atoms with Crippen LogP contribution >= 0.6 is 11.8 Å². The number of nitro groups is 1. The van der Waals surface area contributed by atoms with Crippen molar-refractivity contribution >= 4 is 57.3 Å². The maximum Gasteiger partial charge on any atom is 0.328 e. The summed E-state index contributed by atoms with van der Waals surface area (Å²) >= 11 is 0.591. The molecule has 2 aromatic carbocycles. The lowest BCUT2D eigenvalue weighted by Gasteiger charge is -2.14. The van der Waals surface area contributed by atoms with Crippen molar-refractivity contribution in [1.29, 1.82) is 0 Å². The molecule has 180 valence electrons. The van der Waals surface area contributed by atoms with Gasteiger partial charge in [-0.2, -0.15) is 0 Å². The summed E-state index contributed by atoms with van der Waals surface area (Å²) in [5.41, 5.74) is 2.60. The SMILES string of the molecule is Cc1cccc(NC(=O)CN2C(=O)S/C(=C\c3cc4c(cc3[N+](=O)[O-])n(C)c(=O)n4C)C2=O)c1C. The standard InChI is InChI=1S/C23H21N5O6S/c1-12-6-5-7-15(13(12)2)24-20(29)11-27-21(30)19(35-23(27)32)9-14-8-17-18(10-16(14)28(33)34)26(4)22(31)25(17)3/h5-10H,11H2,1-4H3,(H,24,29)/b19-9-. The summed E-state index contributed by atoms with van der Waals surface area (Å²) in [5.74, 6) is -1.28. The summed E-state index contributed by atoms with van der Waals surface area (Å²) in [7, 11) is 3.03. The number of hydrogen-bond acceptors (Lipinski definition) is 7. The fraction of sp³-hybridized carbons (Fsp3) is 0.217. The summed E-state index contributed by atoms with van der Waals surface area (Å²) in [6.45, 7) is 3.25. The third-order valence-electron chi connectivity index (χ3n) is 5.96. The summed E-state index contributed by atoms with van der Waals surface area (Å²) < 4.78 is 2.62. The highest BCUT2D eigenvalue weighted by Gasteiger charge is 2.37. The number of fused-ring (bicyclic) bond motifs is 1. The largest absolute Gasteiger partial charge is 0.328 e. The van der Waals surface area contributed by atoms with Gasteiger partial charge in [0.2, 0.25) is 5.91 Å². The first-order chi connectivity index (χ1) is 16.5. The fourth-order valence-corrected chi connectivity index (χ4v) is 4.65. The van der Waals surface area contributed by atoms with Crippen LogP contribution < -0.4 is 11.0 Å². The zero-order valence-corrected chi connectivity index (χ0v) is 20.1. The van der Waals surface area contributed by atoms with E-state index in [2.05, 4.69) is 5.32 Å². The molecular weight excluding hydrogens is 474 g/mol. The van der Waals surface area contributed by atoms with Gasteiger partial charge in [0.15, 0.2) is 0 Å². The molecule has 0 unspecified atom stereocenters. The van der Waals surface area contributed by atoms with Crippen molar-refractivity contribution in [3.05, 3.63) is 72.5 Å². The molecule has 1 fully saturated rings. The van der Waals surface area contributed by atoms with Crippen LogP contribution in [0.25, 0.3) is 17.1 Å². The Morgan fingerprint density at radius 2 is 1.77 bits per heavy atom. The Morgan fingerprint density at radius 1 is 1.11 bits per heavy atom. The summed E-state index contributed by atoms with van der Waals surface area (Å²) in [6.07, 6.45) is 1.24. The summed E-state index contributed by atoms with van der Waals surface area (Å²) in [6, 6.07) is 8.09. The average molecular weight is 496 g/mol. The number of imidazole rings is 1. The molecular formula is C23H21N5O6S. The van der Waals surface area contributed by atoms with Crippen molar-refractivity contribution in [1.82, 2.24) is 14.0 Å². The van der Waals surface area contributed by atoms with E-state index in [-0.39, 0.29) is 21.8 Å². The number of amides is 3. The quantitative estimate of drug-likeness (QED) is 0.326. The van der Waals surface area contributed by atoms with Crippen molar-refractivity contribution in [3.63, 3.8) is 0 Å². The smallest absolute Gasteiger partial charge is 0.324 e. The second kappa shape index (κ2) is 8.87. The minimum absolute atomic E-state index is 0.0575. The molecule has 1 N–H and O–H groups in total. The predicted octanol–water partition coefficient (Wildman–Crippen LogP) is 3.08. The first-order valence-electron chi connectivity index (χ1n) is 10.4. The van der Waals surface area contributed by atoms with E-state index in [0.29, 0.717) is 28.5 Å². The van der Waals surface area contributed by atoms with Gasteiger partial charge >= 0.3 is 5.69 Å². The molecule has 0 atom stereocenters. The third kappa shape index (κ3) is 4.23. The second-order valence-corrected chi connectivity index (χ2v) is 9.11. The lowest BCUT2D eigenvalue weighted by atomic mass is 10.1. The van der Waals surface area contributed by atoms with Gasteiger partial charge in [0.05, 0.1) is 26.4 Å². The van der Waals surface area contributed by atoms with Crippen LogP contribution in [0, 0.1) is 24.0 Å². The predicted molar refractivity (Wildman–Crippen MR) is 132 cm³/mol. The Hall–Kier alpha value is -4.19. The molecule has 3 amide bonds. The lowest BCUT2D eigenvalue weighted by Crippen LogP contribution is -2.36. The van der Waals surface area contributed by atoms with Gasteiger partial charge < -0.3 is 5.32 Å². The molecule has 1 saturated heterocycles. The molecule has 11 nitrogen and oxygen atoms in total. The topological polar surface area (TPSA) is 137 Å². The molecule has 35 heavy (non-hydrogen) atoms. The summed E-state index contributed by atoms with van der Waals surface area (Å²) in [4.78, 5) is 62.0. The van der Waals surface area contributed by atoms with Crippen molar-refractivity contribution in [2.45, 2.75) is 13.8 Å². The molecule has 1 aromatic heterocycles. The number of aryl methyl sites for hydroxylation is 3. The van der Waals surface area contributed by atoms with Gasteiger partial charge in [-0.25, -0.2) is 4.79 Å². The van der Waals surface area contributed by atoms with E-state index in [1.165, 1.54) is 41.4 Å². The number of nitrogens with one attached hydrogen (secondary N) is 1. The molecule has 1 aliphatic heterocycles. The Kier molecular flexibility index (Phi) is 6.07. The van der Waals surface area contributed by atoms with Crippen LogP contribution in [0.4, 0.5) is 16.2 Å². The highest BCUT2D eigenvalue weighted by Crippen LogP contribution is 2.35. The van der Waals surface area contributed by atoms with E-state index < -0.39 is 28.5 Å². The van der Waals surface area contributed by atoms with Crippen LogP contribution in [-0.4, -0.2) is 42.6 Å².